The molecule has 0 saturated carbocycles. The lowest BCUT2D eigenvalue weighted by Crippen LogP contribution is -1.96. The van der Waals surface area contributed by atoms with Gasteiger partial charge in [0, 0.05) is 11.8 Å². The normalized spacial score (nSPS) is 9.53. The molecule has 0 bridgehead atoms. The van der Waals surface area contributed by atoms with E-state index in [0.29, 0.717) is 17.9 Å². The first-order valence-corrected chi connectivity index (χ1v) is 5.73. The topological polar surface area (TPSA) is 62.6 Å². The molecule has 0 aliphatic carbocycles. The Balaban J connectivity index is 2.03. The maximum absolute atomic E-state index is 9.34. The van der Waals surface area contributed by atoms with Gasteiger partial charge in [-0.05, 0) is 23.8 Å². The molecule has 1 heterocycles. The van der Waals surface area contributed by atoms with Crippen LogP contribution in [0.25, 0.3) is 0 Å². The first-order chi connectivity index (χ1) is 9.28. The molecular formula is C15H13NO3. The Hall–Kier alpha value is -2.51. The van der Waals surface area contributed by atoms with Crippen molar-refractivity contribution < 1.29 is 14.9 Å². The molecule has 2 N–H and O–H groups in total. The summed E-state index contributed by atoms with van der Waals surface area (Å²) in [4.78, 5) is 4.01. The second kappa shape index (κ2) is 6.43. The number of rotatable bonds is 3. The van der Waals surface area contributed by atoms with E-state index < -0.39 is 0 Å². The minimum absolute atomic E-state index is 0.186. The molecule has 0 aliphatic heterocycles. The fourth-order valence-electron chi connectivity index (χ4n) is 1.52. The van der Waals surface area contributed by atoms with Gasteiger partial charge in [0.1, 0.15) is 24.7 Å². The highest BCUT2D eigenvalue weighted by molar-refractivity contribution is 5.37. The molecule has 1 aromatic heterocycles. The molecule has 0 atom stereocenters. The summed E-state index contributed by atoms with van der Waals surface area (Å²) in [5.74, 6) is 6.11. The fourth-order valence-corrected chi connectivity index (χ4v) is 1.52. The van der Waals surface area contributed by atoms with Gasteiger partial charge >= 0.3 is 0 Å². The van der Waals surface area contributed by atoms with Gasteiger partial charge in [0.15, 0.2) is 0 Å². The van der Waals surface area contributed by atoms with E-state index in [1.54, 1.807) is 36.7 Å². The molecule has 0 saturated heterocycles. The Kier molecular flexibility index (Phi) is 4.38. The number of aromatic nitrogens is 1. The molecular weight excluding hydrogens is 242 g/mol. The summed E-state index contributed by atoms with van der Waals surface area (Å²) in [6.45, 7) is 0.154. The molecule has 1 aromatic carbocycles. The van der Waals surface area contributed by atoms with E-state index in [9.17, 15) is 5.11 Å². The zero-order valence-corrected chi connectivity index (χ0v) is 10.2. The fraction of sp³-hybridized carbons (Fsp3) is 0.133. The number of phenolic OH excluding ortho intramolecular Hbond substituents is 1. The van der Waals surface area contributed by atoms with E-state index in [0.717, 1.165) is 5.56 Å². The van der Waals surface area contributed by atoms with Gasteiger partial charge in [-0.2, -0.15) is 0 Å². The second-order valence-corrected chi connectivity index (χ2v) is 3.83. The number of nitrogens with zero attached hydrogens (tertiary/aromatic N) is 1. The van der Waals surface area contributed by atoms with Crippen molar-refractivity contribution >= 4 is 0 Å². The Morgan fingerprint density at radius 1 is 1.21 bits per heavy atom. The quantitative estimate of drug-likeness (QED) is 0.820. The number of ether oxygens (including phenoxy) is 1. The van der Waals surface area contributed by atoms with Crippen LogP contribution in [0.4, 0.5) is 0 Å². The van der Waals surface area contributed by atoms with Crippen LogP contribution in [-0.4, -0.2) is 21.8 Å². The highest BCUT2D eigenvalue weighted by Gasteiger charge is 1.98. The molecule has 2 aromatic rings. The lowest BCUT2D eigenvalue weighted by atomic mass is 10.2. The van der Waals surface area contributed by atoms with Crippen molar-refractivity contribution in [1.29, 1.82) is 0 Å². The Bertz CT molecular complexity index is 614. The monoisotopic (exact) mass is 255 g/mol. The summed E-state index contributed by atoms with van der Waals surface area (Å²) < 4.78 is 5.56. The van der Waals surface area contributed by atoms with Crippen LogP contribution in [0.2, 0.25) is 0 Å². The summed E-state index contributed by atoms with van der Waals surface area (Å²) in [5.41, 5.74) is 1.55. The van der Waals surface area contributed by atoms with Crippen molar-refractivity contribution in [3.05, 3.63) is 53.9 Å². The molecule has 0 radical (unpaired) electrons. The number of benzene rings is 1. The van der Waals surface area contributed by atoms with Gasteiger partial charge in [0.2, 0.25) is 0 Å². The largest absolute Gasteiger partial charge is 0.508 e. The summed E-state index contributed by atoms with van der Waals surface area (Å²) in [5, 5.41) is 18.0. The lowest BCUT2D eigenvalue weighted by molar-refractivity contribution is 0.304. The van der Waals surface area contributed by atoms with Gasteiger partial charge in [0.25, 0.3) is 0 Å². The summed E-state index contributed by atoms with van der Waals surface area (Å²) >= 11 is 0. The van der Waals surface area contributed by atoms with Crippen molar-refractivity contribution in [2.24, 2.45) is 0 Å². The van der Waals surface area contributed by atoms with Gasteiger partial charge in [-0.15, -0.1) is 0 Å². The number of aliphatic hydroxyl groups is 1. The van der Waals surface area contributed by atoms with Crippen molar-refractivity contribution in [2.45, 2.75) is 6.61 Å². The third kappa shape index (κ3) is 4.02. The first-order valence-electron chi connectivity index (χ1n) is 5.73. The van der Waals surface area contributed by atoms with Gasteiger partial charge < -0.3 is 14.9 Å². The van der Waals surface area contributed by atoms with Gasteiger partial charge in [-0.1, -0.05) is 24.0 Å². The molecule has 2 rings (SSSR count). The summed E-state index contributed by atoms with van der Waals surface area (Å²) in [6.07, 6.45) is 3.19. The highest BCUT2D eigenvalue weighted by Crippen LogP contribution is 2.15. The summed E-state index contributed by atoms with van der Waals surface area (Å²) in [7, 11) is 0. The van der Waals surface area contributed by atoms with E-state index in [1.807, 2.05) is 6.07 Å². The molecule has 0 fully saturated rings. The Morgan fingerprint density at radius 2 is 2.11 bits per heavy atom. The van der Waals surface area contributed by atoms with Crippen LogP contribution in [0.3, 0.4) is 0 Å². The zero-order valence-electron chi connectivity index (χ0n) is 10.2. The van der Waals surface area contributed by atoms with Crippen LogP contribution in [0.1, 0.15) is 11.1 Å². The van der Waals surface area contributed by atoms with E-state index in [2.05, 4.69) is 16.8 Å². The predicted octanol–water partition coefficient (Wildman–Crippen LogP) is 1.71. The SMILES string of the molecule is OCC#Cc1cncc(OCc2cccc(O)c2)c1. The Morgan fingerprint density at radius 3 is 2.89 bits per heavy atom. The smallest absolute Gasteiger partial charge is 0.139 e. The molecule has 96 valence electrons. The van der Waals surface area contributed by atoms with E-state index in [4.69, 9.17) is 9.84 Å². The maximum Gasteiger partial charge on any atom is 0.139 e. The van der Waals surface area contributed by atoms with E-state index in [-0.39, 0.29) is 12.4 Å². The van der Waals surface area contributed by atoms with Crippen LogP contribution in [0, 0.1) is 11.8 Å². The second-order valence-electron chi connectivity index (χ2n) is 3.83. The number of aliphatic hydroxyl groups excluding tert-OH is 1. The highest BCUT2D eigenvalue weighted by atomic mass is 16.5. The van der Waals surface area contributed by atoms with Gasteiger partial charge in [0.05, 0.1) is 6.20 Å². The average molecular weight is 255 g/mol. The molecule has 0 amide bonds. The standard InChI is InChI=1S/C15H13NO3/c17-6-2-4-12-8-15(10-16-9-12)19-11-13-3-1-5-14(18)7-13/h1,3,5,7-10,17-18H,6,11H2. The zero-order chi connectivity index (χ0) is 13.5. The summed E-state index contributed by atoms with van der Waals surface area (Å²) in [6, 6.07) is 8.62. The van der Waals surface area contributed by atoms with Crippen molar-refractivity contribution in [3.63, 3.8) is 0 Å². The Labute approximate surface area is 111 Å². The minimum atomic E-state index is -0.186. The van der Waals surface area contributed by atoms with Crippen LogP contribution < -0.4 is 4.74 Å². The molecule has 0 spiro atoms. The molecule has 19 heavy (non-hydrogen) atoms. The molecule has 4 heteroatoms. The van der Waals surface area contributed by atoms with Crippen LogP contribution in [-0.2, 0) is 6.61 Å². The van der Waals surface area contributed by atoms with Gasteiger partial charge in [-0.25, -0.2) is 0 Å². The van der Waals surface area contributed by atoms with Gasteiger partial charge in [-0.3, -0.25) is 4.98 Å². The van der Waals surface area contributed by atoms with E-state index in [1.165, 1.54) is 0 Å². The number of aromatic hydroxyl groups is 1. The number of phenols is 1. The molecule has 0 aliphatic rings. The van der Waals surface area contributed by atoms with Crippen LogP contribution >= 0.6 is 0 Å². The van der Waals surface area contributed by atoms with E-state index >= 15 is 0 Å². The first kappa shape index (κ1) is 12.9. The average Bonchev–Trinajstić information content (AvgIpc) is 2.43. The number of pyridine rings is 1. The van der Waals surface area contributed by atoms with Crippen molar-refractivity contribution in [1.82, 2.24) is 4.98 Å². The molecule has 4 nitrogen and oxygen atoms in total. The number of hydrogen-bond acceptors (Lipinski definition) is 4. The van der Waals surface area contributed by atoms with Crippen molar-refractivity contribution in [3.8, 4) is 23.3 Å². The minimum Gasteiger partial charge on any atom is -0.508 e. The lowest BCUT2D eigenvalue weighted by Gasteiger charge is -2.06. The van der Waals surface area contributed by atoms with Crippen LogP contribution in [0.5, 0.6) is 11.5 Å². The predicted molar refractivity (Wildman–Crippen MR) is 70.6 cm³/mol. The maximum atomic E-state index is 9.34. The number of hydrogen-bond donors (Lipinski definition) is 2. The van der Waals surface area contributed by atoms with Crippen LogP contribution in [0.15, 0.2) is 42.7 Å². The van der Waals surface area contributed by atoms with Crippen molar-refractivity contribution in [2.75, 3.05) is 6.61 Å². The third-order valence-electron chi connectivity index (χ3n) is 2.34. The molecule has 0 unspecified atom stereocenters. The third-order valence-corrected chi connectivity index (χ3v) is 2.34.